The van der Waals surface area contributed by atoms with E-state index in [1.54, 1.807) is 24.9 Å². The number of amides is 4. The summed E-state index contributed by atoms with van der Waals surface area (Å²) in [7, 11) is 2.56. The highest BCUT2D eigenvalue weighted by atomic mass is 16.5. The molecule has 4 heterocycles. The summed E-state index contributed by atoms with van der Waals surface area (Å²) in [5.74, 6) is 1.52. The Morgan fingerprint density at radius 2 is 1.29 bits per heavy atom. The molecule has 2 aromatic heterocycles. The number of aromatic amines is 2. The number of likely N-dealkylation sites (tertiary alicyclic amines) is 2. The molecule has 3 fully saturated rings. The van der Waals surface area contributed by atoms with Gasteiger partial charge < -0.3 is 39.9 Å². The maximum Gasteiger partial charge on any atom is 0.407 e. The quantitative estimate of drug-likeness (QED) is 0.132. The molecule has 14 nitrogen and oxygen atoms in total. The van der Waals surface area contributed by atoms with E-state index in [2.05, 4.69) is 91.0 Å². The molecule has 0 radical (unpaired) electrons. The number of carbonyl (C=O) groups is 4. The van der Waals surface area contributed by atoms with Gasteiger partial charge in [-0.15, -0.1) is 0 Å². The Labute approximate surface area is 324 Å². The van der Waals surface area contributed by atoms with Gasteiger partial charge in [-0.2, -0.15) is 0 Å². The minimum absolute atomic E-state index is 0.124. The van der Waals surface area contributed by atoms with Crippen LogP contribution in [0.1, 0.15) is 69.7 Å². The van der Waals surface area contributed by atoms with Gasteiger partial charge >= 0.3 is 12.2 Å². The number of hydrogen-bond donors (Lipinski definition) is 4. The lowest BCUT2D eigenvalue weighted by atomic mass is 9.97. The Kier molecular flexibility index (Phi) is 9.96. The van der Waals surface area contributed by atoms with E-state index in [1.807, 2.05) is 11.1 Å². The predicted molar refractivity (Wildman–Crippen MR) is 209 cm³/mol. The van der Waals surface area contributed by atoms with Crippen molar-refractivity contribution in [2.75, 3.05) is 20.8 Å². The molecule has 0 spiro atoms. The largest absolute Gasteiger partial charge is 0.453 e. The molecule has 6 atom stereocenters. The van der Waals surface area contributed by atoms with E-state index >= 15 is 0 Å². The van der Waals surface area contributed by atoms with Gasteiger partial charge in [-0.05, 0) is 91.5 Å². The van der Waals surface area contributed by atoms with Crippen molar-refractivity contribution in [2.45, 2.75) is 76.2 Å². The van der Waals surface area contributed by atoms with E-state index in [4.69, 9.17) is 9.72 Å². The van der Waals surface area contributed by atoms with Crippen LogP contribution in [-0.2, 0) is 19.1 Å². The Morgan fingerprint density at radius 1 is 0.714 bits per heavy atom. The molecule has 3 aromatic carbocycles. The second-order valence-electron chi connectivity index (χ2n) is 15.0. The summed E-state index contributed by atoms with van der Waals surface area (Å²) >= 11 is 0. The molecule has 4 amide bonds. The van der Waals surface area contributed by atoms with Gasteiger partial charge in [-0.25, -0.2) is 19.6 Å². The summed E-state index contributed by atoms with van der Waals surface area (Å²) < 4.78 is 9.37. The topological polar surface area (TPSA) is 175 Å². The number of ether oxygens (including phenoxy) is 2. The first kappa shape index (κ1) is 36.8. The first-order chi connectivity index (χ1) is 27.1. The zero-order valence-electron chi connectivity index (χ0n) is 31.9. The number of imidazole rings is 2. The Hall–Kier alpha value is -6.18. The monoisotopic (exact) mass is 758 g/mol. The summed E-state index contributed by atoms with van der Waals surface area (Å²) in [6, 6.07) is 19.5. The van der Waals surface area contributed by atoms with Crippen molar-refractivity contribution in [2.24, 2.45) is 5.92 Å². The summed E-state index contributed by atoms with van der Waals surface area (Å²) in [6.07, 6.45) is 6.96. The molecule has 56 heavy (non-hydrogen) atoms. The van der Waals surface area contributed by atoms with Crippen LogP contribution in [0.15, 0.2) is 73.1 Å². The van der Waals surface area contributed by atoms with E-state index in [0.29, 0.717) is 12.5 Å². The molecule has 3 aliphatic rings. The number of hydrogen-bond acceptors (Lipinski definition) is 8. The Morgan fingerprint density at radius 3 is 1.98 bits per heavy atom. The highest BCUT2D eigenvalue weighted by Crippen LogP contribution is 2.50. The third kappa shape index (κ3) is 6.95. The molecule has 14 heteroatoms. The number of rotatable bonds is 9. The van der Waals surface area contributed by atoms with Crippen molar-refractivity contribution in [3.05, 3.63) is 84.7 Å². The molecule has 8 rings (SSSR count). The van der Waals surface area contributed by atoms with Crippen LogP contribution in [0.25, 0.3) is 44.4 Å². The molecule has 2 aliphatic heterocycles. The average Bonchev–Trinajstić information content (AvgIpc) is 4.08. The van der Waals surface area contributed by atoms with E-state index in [-0.39, 0.29) is 29.9 Å². The van der Waals surface area contributed by atoms with E-state index < -0.39 is 24.3 Å². The van der Waals surface area contributed by atoms with Crippen LogP contribution < -0.4 is 10.6 Å². The van der Waals surface area contributed by atoms with Crippen molar-refractivity contribution in [1.29, 1.82) is 0 Å². The number of benzene rings is 3. The van der Waals surface area contributed by atoms with Gasteiger partial charge in [0.2, 0.25) is 11.8 Å². The molecule has 1 aliphatic carbocycles. The molecule has 6 unspecified atom stereocenters. The van der Waals surface area contributed by atoms with E-state index in [1.165, 1.54) is 14.2 Å². The van der Waals surface area contributed by atoms with Crippen molar-refractivity contribution in [3.8, 4) is 33.6 Å². The fraction of sp³-hybridized carbons (Fsp3) is 0.381. The van der Waals surface area contributed by atoms with Crippen LogP contribution in [0.2, 0.25) is 0 Å². The van der Waals surface area contributed by atoms with Gasteiger partial charge in [0.1, 0.15) is 23.7 Å². The molecule has 290 valence electrons. The molecule has 5 aromatic rings. The minimum atomic E-state index is -0.704. The Balaban J connectivity index is 0.948. The molecule has 2 bridgehead atoms. The number of aromatic nitrogens is 4. The fourth-order valence-electron chi connectivity index (χ4n) is 8.76. The van der Waals surface area contributed by atoms with Gasteiger partial charge in [-0.1, -0.05) is 48.5 Å². The number of H-pyrrole nitrogens is 2. The standard InChI is InChI=1S/C42H46N8O6/c1-23(45-41(53)55-3)39(51)49-17-5-6-35(49)37-43-21-33(47-37)26-9-7-25(8-10-26)27-11-12-29-19-30(14-13-28(29)18-27)34-22-44-38(48-34)36-31-15-16-32(20-31)50(36)40(52)24(2)46-42(54)56-4/h7-14,18-19,21-24,31-32,35-36H,5-6,15-17,20H2,1-4H3,(H,43,47)(H,44,48)(H,45,53)(H,46,54). The number of nitrogens with zero attached hydrogens (tertiary/aromatic N) is 4. The first-order valence-electron chi connectivity index (χ1n) is 19.2. The molecule has 4 N–H and O–H groups in total. The summed E-state index contributed by atoms with van der Waals surface area (Å²) in [5.41, 5.74) is 5.92. The predicted octanol–water partition coefficient (Wildman–Crippen LogP) is 6.49. The van der Waals surface area contributed by atoms with Gasteiger partial charge in [0.15, 0.2) is 0 Å². The minimum Gasteiger partial charge on any atom is -0.453 e. The zero-order valence-corrected chi connectivity index (χ0v) is 31.9. The molecular weight excluding hydrogens is 713 g/mol. The van der Waals surface area contributed by atoms with Crippen LogP contribution in [0.4, 0.5) is 9.59 Å². The summed E-state index contributed by atoms with van der Waals surface area (Å²) in [6.45, 7) is 3.95. The molecule has 2 saturated heterocycles. The lowest BCUT2D eigenvalue weighted by molar-refractivity contribution is -0.137. The van der Waals surface area contributed by atoms with E-state index in [9.17, 15) is 19.2 Å². The zero-order chi connectivity index (χ0) is 39.1. The van der Waals surface area contributed by atoms with E-state index in [0.717, 1.165) is 88.2 Å². The first-order valence-corrected chi connectivity index (χ1v) is 19.2. The number of fused-ring (bicyclic) bond motifs is 3. The Bertz CT molecular complexity index is 2280. The third-order valence-corrected chi connectivity index (χ3v) is 11.6. The maximum absolute atomic E-state index is 13.5. The molecular formula is C42H46N8O6. The highest BCUT2D eigenvalue weighted by molar-refractivity contribution is 5.91. The maximum atomic E-state index is 13.5. The second kappa shape index (κ2) is 15.2. The van der Waals surface area contributed by atoms with Gasteiger partial charge in [0, 0.05) is 18.2 Å². The van der Waals surface area contributed by atoms with Crippen molar-refractivity contribution in [1.82, 2.24) is 40.4 Å². The lowest BCUT2D eigenvalue weighted by Crippen LogP contribution is -2.50. The summed E-state index contributed by atoms with van der Waals surface area (Å²) in [4.78, 5) is 70.2. The SMILES string of the molecule is COC(=O)NC(C)C(=O)N1CCCC1c1ncc(-c2ccc(-c3ccc4cc(-c5cnc(C6C7CCC(C7)N6C(=O)C(C)NC(=O)OC)[nH]5)ccc4c3)cc2)[nH]1. The third-order valence-electron chi connectivity index (χ3n) is 11.6. The van der Waals surface area contributed by atoms with Crippen LogP contribution in [0.5, 0.6) is 0 Å². The van der Waals surface area contributed by atoms with Gasteiger partial charge in [0.25, 0.3) is 0 Å². The lowest BCUT2D eigenvalue weighted by Gasteiger charge is -2.36. The van der Waals surface area contributed by atoms with Gasteiger partial charge in [0.05, 0.1) is 50.1 Å². The van der Waals surface area contributed by atoms with Gasteiger partial charge in [-0.3, -0.25) is 9.59 Å². The number of piperidine rings is 1. The van der Waals surface area contributed by atoms with Crippen molar-refractivity contribution in [3.63, 3.8) is 0 Å². The normalized spacial score (nSPS) is 21.2. The smallest absolute Gasteiger partial charge is 0.407 e. The number of methoxy groups -OCH3 is 2. The van der Waals surface area contributed by atoms with Crippen molar-refractivity contribution < 1.29 is 28.7 Å². The second-order valence-corrected chi connectivity index (χ2v) is 15.0. The average molecular weight is 759 g/mol. The van der Waals surface area contributed by atoms with Crippen molar-refractivity contribution >= 4 is 34.8 Å². The van der Waals surface area contributed by atoms with Crippen LogP contribution in [-0.4, -0.2) is 92.6 Å². The highest BCUT2D eigenvalue weighted by Gasteiger charge is 2.50. The fourth-order valence-corrected chi connectivity index (χ4v) is 8.76. The number of alkyl carbamates (subject to hydrolysis) is 2. The molecule has 1 saturated carbocycles. The number of carbonyl (C=O) groups excluding carboxylic acids is 4. The number of nitrogens with one attached hydrogen (secondary N) is 4. The summed E-state index contributed by atoms with van der Waals surface area (Å²) in [5, 5.41) is 7.39. The van der Waals surface area contributed by atoms with Crippen LogP contribution in [0, 0.1) is 5.92 Å². The van der Waals surface area contributed by atoms with Crippen LogP contribution in [0.3, 0.4) is 0 Å². The van der Waals surface area contributed by atoms with Crippen LogP contribution >= 0.6 is 0 Å².